The predicted molar refractivity (Wildman–Crippen MR) is 88.7 cm³/mol. The van der Waals surface area contributed by atoms with Crippen LogP contribution in [0.25, 0.3) is 0 Å². The Hall–Kier alpha value is -1.71. The van der Waals surface area contributed by atoms with Crippen molar-refractivity contribution >= 4 is 11.6 Å². The van der Waals surface area contributed by atoms with Gasteiger partial charge in [-0.05, 0) is 25.0 Å². The molecule has 1 saturated carbocycles. The van der Waals surface area contributed by atoms with E-state index in [9.17, 15) is 0 Å². The van der Waals surface area contributed by atoms with E-state index in [-0.39, 0.29) is 0 Å². The maximum Gasteiger partial charge on any atom is 0.191 e. The van der Waals surface area contributed by atoms with E-state index in [0.717, 1.165) is 32.1 Å². The van der Waals surface area contributed by atoms with E-state index in [0.29, 0.717) is 6.04 Å². The van der Waals surface area contributed by atoms with Gasteiger partial charge in [-0.3, -0.25) is 0 Å². The van der Waals surface area contributed by atoms with Crippen molar-refractivity contribution in [1.82, 2.24) is 4.90 Å². The Morgan fingerprint density at radius 2 is 1.62 bits per heavy atom. The van der Waals surface area contributed by atoms with Crippen LogP contribution in [0.4, 0.5) is 5.69 Å². The molecule has 0 radical (unpaired) electrons. The molecule has 1 aliphatic carbocycles. The molecule has 1 aromatic rings. The highest BCUT2D eigenvalue weighted by molar-refractivity contribution is 5.78. The van der Waals surface area contributed by atoms with Gasteiger partial charge in [0.05, 0.1) is 6.04 Å². The summed E-state index contributed by atoms with van der Waals surface area (Å²) in [6.07, 6.45) is 6.41. The quantitative estimate of drug-likeness (QED) is 0.671. The molecular weight excluding hydrogens is 260 g/mol. The highest BCUT2D eigenvalue weighted by Gasteiger charge is 2.20. The number of aliphatic imine (C=N–C) groups is 1. The van der Waals surface area contributed by atoms with Gasteiger partial charge in [0.1, 0.15) is 0 Å². The molecule has 2 N–H and O–H groups in total. The molecule has 4 nitrogen and oxygen atoms in total. The number of piperazine rings is 1. The van der Waals surface area contributed by atoms with Crippen LogP contribution in [-0.4, -0.2) is 43.1 Å². The maximum absolute atomic E-state index is 6.22. The van der Waals surface area contributed by atoms with Crippen LogP contribution in [-0.2, 0) is 0 Å². The molecule has 0 amide bonds. The molecule has 0 atom stereocenters. The number of guanidine groups is 1. The Morgan fingerprint density at radius 3 is 2.29 bits per heavy atom. The minimum absolute atomic E-state index is 0.464. The minimum atomic E-state index is 0.464. The summed E-state index contributed by atoms with van der Waals surface area (Å²) in [4.78, 5) is 9.42. The van der Waals surface area contributed by atoms with Crippen LogP contribution >= 0.6 is 0 Å². The van der Waals surface area contributed by atoms with Crippen molar-refractivity contribution in [2.45, 2.75) is 38.1 Å². The Morgan fingerprint density at radius 1 is 0.952 bits per heavy atom. The van der Waals surface area contributed by atoms with Gasteiger partial charge >= 0.3 is 0 Å². The zero-order valence-electron chi connectivity index (χ0n) is 12.7. The molecule has 3 rings (SSSR count). The summed E-state index contributed by atoms with van der Waals surface area (Å²) in [5.74, 6) is 0.759. The Labute approximate surface area is 127 Å². The molecule has 0 unspecified atom stereocenters. The summed E-state index contributed by atoms with van der Waals surface area (Å²) >= 11 is 0. The Bertz CT molecular complexity index is 457. The summed E-state index contributed by atoms with van der Waals surface area (Å²) in [6.45, 7) is 3.98. The highest BCUT2D eigenvalue weighted by atomic mass is 15.3. The van der Waals surface area contributed by atoms with Gasteiger partial charge in [0, 0.05) is 31.9 Å². The predicted octanol–water partition coefficient (Wildman–Crippen LogP) is 2.46. The van der Waals surface area contributed by atoms with E-state index in [4.69, 9.17) is 10.7 Å². The number of benzene rings is 1. The van der Waals surface area contributed by atoms with Gasteiger partial charge in [0.15, 0.2) is 5.96 Å². The average Bonchev–Trinajstić information content (AvgIpc) is 2.57. The van der Waals surface area contributed by atoms with Crippen LogP contribution in [0.15, 0.2) is 35.3 Å². The second kappa shape index (κ2) is 6.83. The molecule has 4 heteroatoms. The smallest absolute Gasteiger partial charge is 0.191 e. The number of rotatable bonds is 2. The summed E-state index contributed by atoms with van der Waals surface area (Å²) in [5.41, 5.74) is 7.53. The van der Waals surface area contributed by atoms with Gasteiger partial charge in [-0.15, -0.1) is 0 Å². The summed E-state index contributed by atoms with van der Waals surface area (Å²) < 4.78 is 0. The standard InChI is InChI=1S/C17H26N4/c18-17(19-15-7-3-1-4-8-15)21-13-11-20(12-14-21)16-9-5-2-6-10-16/h2,5-6,9-10,15H,1,3-4,7-8,11-14H2,(H2,18,19). The molecule has 2 aliphatic rings. The van der Waals surface area contributed by atoms with E-state index < -0.39 is 0 Å². The lowest BCUT2D eigenvalue weighted by molar-refractivity contribution is 0.372. The van der Waals surface area contributed by atoms with Gasteiger partial charge in [-0.1, -0.05) is 37.5 Å². The van der Waals surface area contributed by atoms with E-state index in [1.807, 2.05) is 0 Å². The number of nitrogens with two attached hydrogens (primary N) is 1. The first-order chi connectivity index (χ1) is 10.3. The number of hydrogen-bond donors (Lipinski definition) is 1. The summed E-state index contributed by atoms with van der Waals surface area (Å²) in [7, 11) is 0. The molecule has 0 bridgehead atoms. The van der Waals surface area contributed by atoms with E-state index >= 15 is 0 Å². The van der Waals surface area contributed by atoms with Gasteiger partial charge in [-0.25, -0.2) is 4.99 Å². The fourth-order valence-electron chi connectivity index (χ4n) is 3.31. The van der Waals surface area contributed by atoms with Crippen LogP contribution in [0.2, 0.25) is 0 Å². The van der Waals surface area contributed by atoms with Gasteiger partial charge in [0.2, 0.25) is 0 Å². The zero-order chi connectivity index (χ0) is 14.5. The second-order valence-corrected chi connectivity index (χ2v) is 6.09. The summed E-state index contributed by atoms with van der Waals surface area (Å²) in [6, 6.07) is 11.1. The Kier molecular flexibility index (Phi) is 4.63. The molecule has 21 heavy (non-hydrogen) atoms. The van der Waals surface area contributed by atoms with Crippen LogP contribution in [0, 0.1) is 0 Å². The van der Waals surface area contributed by atoms with Crippen molar-refractivity contribution in [3.8, 4) is 0 Å². The normalized spacial score (nSPS) is 21.6. The van der Waals surface area contributed by atoms with Crippen molar-refractivity contribution in [3.05, 3.63) is 30.3 Å². The first-order valence-corrected chi connectivity index (χ1v) is 8.21. The lowest BCUT2D eigenvalue weighted by Gasteiger charge is -2.37. The van der Waals surface area contributed by atoms with Crippen molar-refractivity contribution in [3.63, 3.8) is 0 Å². The molecule has 0 spiro atoms. The fraction of sp³-hybridized carbons (Fsp3) is 0.588. The maximum atomic E-state index is 6.22. The fourth-order valence-corrected chi connectivity index (χ4v) is 3.31. The lowest BCUT2D eigenvalue weighted by atomic mass is 9.96. The zero-order valence-corrected chi connectivity index (χ0v) is 12.7. The minimum Gasteiger partial charge on any atom is -0.370 e. The van der Waals surface area contributed by atoms with Crippen LogP contribution in [0.1, 0.15) is 32.1 Å². The van der Waals surface area contributed by atoms with Crippen LogP contribution in [0.3, 0.4) is 0 Å². The van der Waals surface area contributed by atoms with Crippen LogP contribution in [0.5, 0.6) is 0 Å². The second-order valence-electron chi connectivity index (χ2n) is 6.09. The molecular formula is C17H26N4. The molecule has 2 fully saturated rings. The van der Waals surface area contributed by atoms with Gasteiger partial charge in [0.25, 0.3) is 0 Å². The molecule has 1 heterocycles. The van der Waals surface area contributed by atoms with Crippen molar-refractivity contribution in [2.75, 3.05) is 31.1 Å². The number of para-hydroxylation sites is 1. The van der Waals surface area contributed by atoms with E-state index in [2.05, 4.69) is 40.1 Å². The van der Waals surface area contributed by atoms with Gasteiger partial charge in [-0.2, -0.15) is 0 Å². The molecule has 114 valence electrons. The molecule has 1 saturated heterocycles. The molecule has 1 aromatic carbocycles. The monoisotopic (exact) mass is 286 g/mol. The first-order valence-electron chi connectivity index (χ1n) is 8.21. The SMILES string of the molecule is NC(=NC1CCCCC1)N1CCN(c2ccccc2)CC1. The average molecular weight is 286 g/mol. The number of nitrogens with zero attached hydrogens (tertiary/aromatic N) is 3. The largest absolute Gasteiger partial charge is 0.370 e. The lowest BCUT2D eigenvalue weighted by Crippen LogP contribution is -2.51. The highest BCUT2D eigenvalue weighted by Crippen LogP contribution is 2.21. The van der Waals surface area contributed by atoms with Crippen molar-refractivity contribution in [1.29, 1.82) is 0 Å². The van der Waals surface area contributed by atoms with Gasteiger partial charge < -0.3 is 15.5 Å². The number of anilines is 1. The third-order valence-corrected chi connectivity index (χ3v) is 4.61. The Balaban J connectivity index is 1.54. The molecule has 1 aliphatic heterocycles. The third-order valence-electron chi connectivity index (χ3n) is 4.61. The third kappa shape index (κ3) is 3.69. The van der Waals surface area contributed by atoms with E-state index in [1.54, 1.807) is 0 Å². The topological polar surface area (TPSA) is 44.9 Å². The van der Waals surface area contributed by atoms with Crippen molar-refractivity contribution in [2.24, 2.45) is 10.7 Å². The number of hydrogen-bond acceptors (Lipinski definition) is 2. The molecule has 0 aromatic heterocycles. The van der Waals surface area contributed by atoms with Crippen LogP contribution < -0.4 is 10.6 Å². The van der Waals surface area contributed by atoms with Crippen molar-refractivity contribution < 1.29 is 0 Å². The summed E-state index contributed by atoms with van der Waals surface area (Å²) in [5, 5.41) is 0. The first kappa shape index (κ1) is 14.2. The van der Waals surface area contributed by atoms with E-state index in [1.165, 1.54) is 37.8 Å².